The van der Waals surface area contributed by atoms with Crippen LogP contribution in [0, 0.1) is 10.6 Å². The van der Waals surface area contributed by atoms with Crippen molar-refractivity contribution in [3.05, 3.63) is 39.6 Å². The fourth-order valence-corrected chi connectivity index (χ4v) is 2.81. The van der Waals surface area contributed by atoms with Crippen molar-refractivity contribution in [2.75, 3.05) is 0 Å². The number of ether oxygens (including phenoxy) is 1. The Kier molecular flexibility index (Phi) is 4.86. The number of H-pyrrole nitrogens is 1. The summed E-state index contributed by atoms with van der Waals surface area (Å²) in [6, 6.07) is 4.11. The molecule has 0 saturated heterocycles. The molecule has 2 aromatic rings. The molecule has 1 saturated carbocycles. The average molecular weight is 371 g/mol. The smallest absolute Gasteiger partial charge is 0.261 e. The van der Waals surface area contributed by atoms with Crippen molar-refractivity contribution < 1.29 is 13.9 Å². The van der Waals surface area contributed by atoms with Crippen LogP contribution in [0.2, 0.25) is 5.02 Å². The van der Waals surface area contributed by atoms with Crippen molar-refractivity contribution in [1.29, 1.82) is 0 Å². The number of rotatable bonds is 6. The van der Waals surface area contributed by atoms with Crippen molar-refractivity contribution in [3.8, 4) is 5.75 Å². The lowest BCUT2D eigenvalue weighted by Crippen LogP contribution is -2.36. The summed E-state index contributed by atoms with van der Waals surface area (Å²) in [7, 11) is 0. The number of carbonyl (C=O) groups is 1. The van der Waals surface area contributed by atoms with Crippen LogP contribution in [-0.2, 0) is 11.3 Å². The minimum atomic E-state index is -0.788. The summed E-state index contributed by atoms with van der Waals surface area (Å²) in [5.41, 5.74) is 0. The van der Waals surface area contributed by atoms with Gasteiger partial charge in [-0.3, -0.25) is 14.5 Å². The highest BCUT2D eigenvalue weighted by Gasteiger charge is 2.27. The lowest BCUT2D eigenvalue weighted by molar-refractivity contribution is -0.127. The van der Waals surface area contributed by atoms with E-state index in [0.29, 0.717) is 16.6 Å². The van der Waals surface area contributed by atoms with E-state index in [-0.39, 0.29) is 23.2 Å². The van der Waals surface area contributed by atoms with Crippen molar-refractivity contribution in [3.63, 3.8) is 0 Å². The molecular weight excluding hydrogens is 355 g/mol. The van der Waals surface area contributed by atoms with E-state index in [9.17, 15) is 9.18 Å². The molecule has 1 aromatic heterocycles. The van der Waals surface area contributed by atoms with Crippen LogP contribution in [0.15, 0.2) is 18.2 Å². The lowest BCUT2D eigenvalue weighted by atomic mass is 10.3. The molecule has 1 atom stereocenters. The third-order valence-corrected chi connectivity index (χ3v) is 4.26. The maximum absolute atomic E-state index is 13.0. The predicted molar refractivity (Wildman–Crippen MR) is 89.0 cm³/mol. The molecule has 128 valence electrons. The molecule has 9 heteroatoms. The van der Waals surface area contributed by atoms with Gasteiger partial charge in [0.15, 0.2) is 16.7 Å². The van der Waals surface area contributed by atoms with Crippen molar-refractivity contribution >= 4 is 29.7 Å². The zero-order chi connectivity index (χ0) is 17.3. The number of amides is 1. The minimum absolute atomic E-state index is 0.115. The maximum Gasteiger partial charge on any atom is 0.261 e. The van der Waals surface area contributed by atoms with E-state index in [1.54, 1.807) is 6.92 Å². The van der Waals surface area contributed by atoms with E-state index < -0.39 is 11.9 Å². The van der Waals surface area contributed by atoms with Crippen LogP contribution in [0.3, 0.4) is 0 Å². The fourth-order valence-electron chi connectivity index (χ4n) is 2.30. The zero-order valence-electron chi connectivity index (χ0n) is 12.9. The molecule has 1 aliphatic rings. The van der Waals surface area contributed by atoms with E-state index in [1.807, 2.05) is 4.57 Å². The molecule has 0 spiro atoms. The first kappa shape index (κ1) is 16.9. The second-order valence-corrected chi connectivity index (χ2v) is 6.39. The molecule has 6 nitrogen and oxygen atoms in total. The first-order chi connectivity index (χ1) is 11.5. The van der Waals surface area contributed by atoms with E-state index in [2.05, 4.69) is 15.5 Å². The molecule has 1 aromatic carbocycles. The molecule has 1 amide bonds. The van der Waals surface area contributed by atoms with Gasteiger partial charge < -0.3 is 10.1 Å². The molecule has 0 bridgehead atoms. The summed E-state index contributed by atoms with van der Waals surface area (Å²) >= 11 is 11.1. The summed E-state index contributed by atoms with van der Waals surface area (Å²) in [5.74, 6) is 0.142. The maximum atomic E-state index is 13.0. The Bertz CT molecular complexity index is 818. The number of aromatic amines is 1. The van der Waals surface area contributed by atoms with Crippen LogP contribution in [0.4, 0.5) is 4.39 Å². The Balaban J connectivity index is 1.59. The molecule has 1 aliphatic carbocycles. The van der Waals surface area contributed by atoms with Crippen LogP contribution in [0.25, 0.3) is 0 Å². The van der Waals surface area contributed by atoms with E-state index >= 15 is 0 Å². The largest absolute Gasteiger partial charge is 0.479 e. The first-order valence-corrected chi connectivity index (χ1v) is 8.29. The third kappa shape index (κ3) is 3.76. The SMILES string of the molecule is CC(Oc1ccc(F)cc1Cl)C(=O)NCc1n[nH]c(=S)n1C1CC1. The van der Waals surface area contributed by atoms with Crippen LogP contribution in [-0.4, -0.2) is 26.8 Å². The van der Waals surface area contributed by atoms with Crippen molar-refractivity contribution in [1.82, 2.24) is 20.1 Å². The Morgan fingerprint density at radius 2 is 2.38 bits per heavy atom. The number of carbonyl (C=O) groups excluding carboxylic acids is 1. The molecule has 24 heavy (non-hydrogen) atoms. The molecule has 2 N–H and O–H groups in total. The number of halogens is 2. The number of nitrogens with one attached hydrogen (secondary N) is 2. The fraction of sp³-hybridized carbons (Fsp3) is 0.400. The standard InChI is InChI=1S/C15H16ClFN4O2S/c1-8(23-12-5-2-9(17)6-11(12)16)14(22)18-7-13-19-20-15(24)21(13)10-3-4-10/h2,5-6,8,10H,3-4,7H2,1H3,(H,18,22)(H,20,24). The molecule has 3 rings (SSSR count). The van der Waals surface area contributed by atoms with Crippen LogP contribution in [0.1, 0.15) is 31.6 Å². The van der Waals surface area contributed by atoms with Crippen molar-refractivity contribution in [2.24, 2.45) is 0 Å². The Morgan fingerprint density at radius 1 is 1.62 bits per heavy atom. The number of benzene rings is 1. The molecule has 1 unspecified atom stereocenters. The zero-order valence-corrected chi connectivity index (χ0v) is 14.5. The summed E-state index contributed by atoms with van der Waals surface area (Å²) in [6.07, 6.45) is 1.35. The van der Waals surface area contributed by atoms with Gasteiger partial charge in [0.25, 0.3) is 5.91 Å². The van der Waals surface area contributed by atoms with Gasteiger partial charge >= 0.3 is 0 Å². The number of hydrogen-bond donors (Lipinski definition) is 2. The monoisotopic (exact) mass is 370 g/mol. The van der Waals surface area contributed by atoms with Gasteiger partial charge in [-0.25, -0.2) is 4.39 Å². The Hall–Kier alpha value is -1.93. The van der Waals surface area contributed by atoms with Crippen molar-refractivity contribution in [2.45, 2.75) is 38.5 Å². The number of hydrogen-bond acceptors (Lipinski definition) is 4. The highest BCUT2D eigenvalue weighted by atomic mass is 35.5. The quantitative estimate of drug-likeness (QED) is 0.766. The first-order valence-electron chi connectivity index (χ1n) is 7.51. The van der Waals surface area contributed by atoms with Crippen LogP contribution >= 0.6 is 23.8 Å². The highest BCUT2D eigenvalue weighted by Crippen LogP contribution is 2.35. The third-order valence-electron chi connectivity index (χ3n) is 3.68. The second kappa shape index (κ2) is 6.90. The Morgan fingerprint density at radius 3 is 3.04 bits per heavy atom. The van der Waals surface area contributed by atoms with Gasteiger partial charge in [-0.2, -0.15) is 5.10 Å². The molecular formula is C15H16ClFN4O2S. The summed E-state index contributed by atoms with van der Waals surface area (Å²) in [6.45, 7) is 1.83. The van der Waals surface area contributed by atoms with E-state index in [0.717, 1.165) is 18.9 Å². The van der Waals surface area contributed by atoms with Gasteiger partial charge in [-0.15, -0.1) is 0 Å². The van der Waals surface area contributed by atoms with Gasteiger partial charge in [0.05, 0.1) is 11.6 Å². The van der Waals surface area contributed by atoms with Gasteiger partial charge in [-0.05, 0) is 50.2 Å². The topological polar surface area (TPSA) is 71.9 Å². The molecule has 0 radical (unpaired) electrons. The van der Waals surface area contributed by atoms with Gasteiger partial charge in [-0.1, -0.05) is 11.6 Å². The molecule has 0 aliphatic heterocycles. The average Bonchev–Trinajstić information content (AvgIpc) is 3.30. The van der Waals surface area contributed by atoms with Gasteiger partial charge in [0.1, 0.15) is 11.6 Å². The van der Waals surface area contributed by atoms with Gasteiger partial charge in [0, 0.05) is 6.04 Å². The summed E-state index contributed by atoms with van der Waals surface area (Å²) in [4.78, 5) is 12.2. The number of nitrogens with zero attached hydrogens (tertiary/aromatic N) is 2. The molecule has 1 fully saturated rings. The summed E-state index contributed by atoms with van der Waals surface area (Å²) < 4.78 is 21.0. The number of aromatic nitrogens is 3. The van der Waals surface area contributed by atoms with E-state index in [4.69, 9.17) is 28.6 Å². The second-order valence-electron chi connectivity index (χ2n) is 5.60. The van der Waals surface area contributed by atoms with Crippen LogP contribution in [0.5, 0.6) is 5.75 Å². The normalized spacial score (nSPS) is 15.1. The molecule has 1 heterocycles. The Labute approximate surface area is 148 Å². The van der Waals surface area contributed by atoms with E-state index in [1.165, 1.54) is 12.1 Å². The lowest BCUT2D eigenvalue weighted by Gasteiger charge is -2.15. The van der Waals surface area contributed by atoms with Gasteiger partial charge in [0.2, 0.25) is 0 Å². The van der Waals surface area contributed by atoms with Crippen LogP contribution < -0.4 is 10.1 Å². The minimum Gasteiger partial charge on any atom is -0.479 e. The highest BCUT2D eigenvalue weighted by molar-refractivity contribution is 7.71. The predicted octanol–water partition coefficient (Wildman–Crippen LogP) is 3.15. The summed E-state index contributed by atoms with van der Waals surface area (Å²) in [5, 5.41) is 9.76.